The summed E-state index contributed by atoms with van der Waals surface area (Å²) in [6.07, 6.45) is 3.73. The normalized spacial score (nSPS) is 12.0. The fraction of sp³-hybridized carbons (Fsp3) is 0.286. The summed E-state index contributed by atoms with van der Waals surface area (Å²) in [5.74, 6) is -0.0352. The van der Waals surface area contributed by atoms with Gasteiger partial charge in [-0.3, -0.25) is 9.78 Å². The molecule has 0 saturated heterocycles. The Kier molecular flexibility index (Phi) is 5.61. The van der Waals surface area contributed by atoms with Crippen molar-refractivity contribution in [1.29, 1.82) is 0 Å². The van der Waals surface area contributed by atoms with Crippen LogP contribution in [-0.4, -0.2) is 20.7 Å². The minimum Gasteiger partial charge on any atom is -0.349 e. The van der Waals surface area contributed by atoms with E-state index in [0.29, 0.717) is 5.02 Å². The van der Waals surface area contributed by atoms with Crippen LogP contribution in [0.2, 0.25) is 5.02 Å². The smallest absolute Gasteiger partial charge is 0.225 e. The van der Waals surface area contributed by atoms with Crippen molar-refractivity contribution in [2.24, 2.45) is 0 Å². The maximum absolute atomic E-state index is 12.6. The number of aromatic nitrogens is 3. The molecule has 3 aromatic rings. The molecule has 1 N–H and O–H groups in total. The number of nitrogens with zero attached hydrogens (tertiary/aromatic N) is 3. The second-order valence-electron chi connectivity index (χ2n) is 6.74. The molecule has 0 aliphatic carbocycles. The van der Waals surface area contributed by atoms with E-state index in [-0.39, 0.29) is 18.4 Å². The lowest BCUT2D eigenvalue weighted by atomic mass is 10.1. The largest absolute Gasteiger partial charge is 0.349 e. The molecule has 0 fully saturated rings. The number of aryl methyl sites for hydroxylation is 2. The van der Waals surface area contributed by atoms with Gasteiger partial charge in [0.2, 0.25) is 5.91 Å². The molecule has 2 heterocycles. The van der Waals surface area contributed by atoms with E-state index < -0.39 is 0 Å². The standard InChI is InChI=1S/C21H23ClN4O/c1-13-5-6-18(11-20(13)22)26-16(4)19(15(3)25-26)12-21(27)24-14(2)17-7-9-23-10-8-17/h5-11,14H,12H2,1-4H3,(H,24,27)/t14-/m0/s1. The molecule has 1 atom stereocenters. The van der Waals surface area contributed by atoms with Crippen molar-refractivity contribution in [1.82, 2.24) is 20.1 Å². The van der Waals surface area contributed by atoms with Gasteiger partial charge in [-0.1, -0.05) is 17.7 Å². The Morgan fingerprint density at radius 2 is 1.89 bits per heavy atom. The number of carbonyl (C=O) groups is 1. The first kappa shape index (κ1) is 19.1. The average Bonchev–Trinajstić information content (AvgIpc) is 2.93. The molecule has 1 amide bonds. The number of benzene rings is 1. The number of amides is 1. The van der Waals surface area contributed by atoms with E-state index in [0.717, 1.165) is 33.8 Å². The highest BCUT2D eigenvalue weighted by molar-refractivity contribution is 6.31. The van der Waals surface area contributed by atoms with Crippen LogP contribution in [0.1, 0.15) is 41.0 Å². The topological polar surface area (TPSA) is 59.8 Å². The van der Waals surface area contributed by atoms with Gasteiger partial charge in [0.05, 0.1) is 23.8 Å². The van der Waals surface area contributed by atoms with E-state index in [1.54, 1.807) is 12.4 Å². The van der Waals surface area contributed by atoms with Gasteiger partial charge in [-0.25, -0.2) is 4.68 Å². The molecule has 1 aromatic carbocycles. The molecule has 5 nitrogen and oxygen atoms in total. The lowest BCUT2D eigenvalue weighted by Gasteiger charge is -2.14. The van der Waals surface area contributed by atoms with E-state index in [1.165, 1.54) is 0 Å². The van der Waals surface area contributed by atoms with Gasteiger partial charge < -0.3 is 5.32 Å². The van der Waals surface area contributed by atoms with Gasteiger partial charge in [-0.05, 0) is 63.1 Å². The second kappa shape index (κ2) is 7.92. The molecule has 140 valence electrons. The first-order valence-corrected chi connectivity index (χ1v) is 9.25. The van der Waals surface area contributed by atoms with Crippen LogP contribution < -0.4 is 5.32 Å². The maximum Gasteiger partial charge on any atom is 0.225 e. The first-order valence-electron chi connectivity index (χ1n) is 8.87. The highest BCUT2D eigenvalue weighted by Crippen LogP contribution is 2.23. The minimum absolute atomic E-state index is 0.0352. The molecular weight excluding hydrogens is 360 g/mol. The van der Waals surface area contributed by atoms with Gasteiger partial charge in [0.1, 0.15) is 0 Å². The minimum atomic E-state index is -0.0768. The maximum atomic E-state index is 12.6. The molecule has 0 bridgehead atoms. The van der Waals surface area contributed by atoms with E-state index in [2.05, 4.69) is 15.4 Å². The third-order valence-electron chi connectivity index (χ3n) is 4.76. The molecule has 0 aliphatic rings. The molecule has 6 heteroatoms. The highest BCUT2D eigenvalue weighted by Gasteiger charge is 2.18. The highest BCUT2D eigenvalue weighted by atomic mass is 35.5. The van der Waals surface area contributed by atoms with Crippen molar-refractivity contribution in [3.63, 3.8) is 0 Å². The van der Waals surface area contributed by atoms with Crippen molar-refractivity contribution in [3.8, 4) is 5.69 Å². The molecule has 2 aromatic heterocycles. The molecule has 0 unspecified atom stereocenters. The zero-order valence-corrected chi connectivity index (χ0v) is 16.7. The second-order valence-corrected chi connectivity index (χ2v) is 7.15. The number of carbonyl (C=O) groups excluding carboxylic acids is 1. The van der Waals surface area contributed by atoms with E-state index in [1.807, 2.05) is 62.7 Å². The SMILES string of the molecule is Cc1ccc(-n2nc(C)c(CC(=O)N[C@@H](C)c3ccncc3)c2C)cc1Cl. The van der Waals surface area contributed by atoms with Crippen LogP contribution in [0.25, 0.3) is 5.69 Å². The number of hydrogen-bond acceptors (Lipinski definition) is 3. The Morgan fingerprint density at radius 1 is 1.19 bits per heavy atom. The van der Waals surface area contributed by atoms with Crippen LogP contribution in [-0.2, 0) is 11.2 Å². The number of hydrogen-bond donors (Lipinski definition) is 1. The lowest BCUT2D eigenvalue weighted by Crippen LogP contribution is -2.28. The van der Waals surface area contributed by atoms with Gasteiger partial charge in [0, 0.05) is 28.7 Å². The average molecular weight is 383 g/mol. The van der Waals surface area contributed by atoms with Crippen LogP contribution in [0.4, 0.5) is 0 Å². The Hall–Kier alpha value is -2.66. The van der Waals surface area contributed by atoms with Gasteiger partial charge >= 0.3 is 0 Å². The fourth-order valence-electron chi connectivity index (χ4n) is 3.08. The Morgan fingerprint density at radius 3 is 2.56 bits per heavy atom. The van der Waals surface area contributed by atoms with Crippen molar-refractivity contribution in [2.75, 3.05) is 0 Å². The zero-order chi connectivity index (χ0) is 19.6. The summed E-state index contributed by atoms with van der Waals surface area (Å²) in [4.78, 5) is 16.6. The zero-order valence-electron chi connectivity index (χ0n) is 16.0. The lowest BCUT2D eigenvalue weighted by molar-refractivity contribution is -0.121. The summed E-state index contributed by atoms with van der Waals surface area (Å²) in [5, 5.41) is 8.35. The van der Waals surface area contributed by atoms with Gasteiger partial charge in [0.15, 0.2) is 0 Å². The quantitative estimate of drug-likeness (QED) is 0.717. The van der Waals surface area contributed by atoms with Gasteiger partial charge in [0.25, 0.3) is 0 Å². The molecule has 0 aliphatic heterocycles. The molecule has 0 spiro atoms. The summed E-state index contributed by atoms with van der Waals surface area (Å²) in [5.41, 5.74) is 5.66. The number of rotatable bonds is 5. The number of nitrogens with one attached hydrogen (secondary N) is 1. The summed E-state index contributed by atoms with van der Waals surface area (Å²) < 4.78 is 1.84. The number of pyridine rings is 1. The van der Waals surface area contributed by atoms with E-state index in [4.69, 9.17) is 11.6 Å². The van der Waals surface area contributed by atoms with Crippen LogP contribution in [0.3, 0.4) is 0 Å². The van der Waals surface area contributed by atoms with E-state index in [9.17, 15) is 4.79 Å². The van der Waals surface area contributed by atoms with Crippen LogP contribution in [0.15, 0.2) is 42.7 Å². The first-order chi connectivity index (χ1) is 12.9. The molecule has 0 radical (unpaired) electrons. The molecule has 3 rings (SSSR count). The monoisotopic (exact) mass is 382 g/mol. The molecule has 27 heavy (non-hydrogen) atoms. The number of halogens is 1. The van der Waals surface area contributed by atoms with Crippen molar-refractivity contribution in [3.05, 3.63) is 75.8 Å². The van der Waals surface area contributed by atoms with Gasteiger partial charge in [-0.2, -0.15) is 5.10 Å². The van der Waals surface area contributed by atoms with Gasteiger partial charge in [-0.15, -0.1) is 0 Å². The van der Waals surface area contributed by atoms with Crippen LogP contribution >= 0.6 is 11.6 Å². The predicted octanol–water partition coefficient (Wildman–Crippen LogP) is 4.27. The summed E-state index contributed by atoms with van der Waals surface area (Å²) in [7, 11) is 0. The summed E-state index contributed by atoms with van der Waals surface area (Å²) in [6, 6.07) is 9.58. The molecule has 0 saturated carbocycles. The summed E-state index contributed by atoms with van der Waals surface area (Å²) >= 11 is 6.25. The van der Waals surface area contributed by atoms with Crippen LogP contribution in [0.5, 0.6) is 0 Å². The summed E-state index contributed by atoms with van der Waals surface area (Å²) in [6.45, 7) is 7.83. The Balaban J connectivity index is 1.78. The Labute approximate surface area is 164 Å². The third-order valence-corrected chi connectivity index (χ3v) is 5.17. The van der Waals surface area contributed by atoms with Crippen molar-refractivity contribution >= 4 is 17.5 Å². The third kappa shape index (κ3) is 4.19. The molecular formula is C21H23ClN4O. The van der Waals surface area contributed by atoms with E-state index >= 15 is 0 Å². The van der Waals surface area contributed by atoms with Crippen molar-refractivity contribution in [2.45, 2.75) is 40.2 Å². The van der Waals surface area contributed by atoms with Crippen LogP contribution in [0, 0.1) is 20.8 Å². The predicted molar refractivity (Wildman–Crippen MR) is 107 cm³/mol. The fourth-order valence-corrected chi connectivity index (χ4v) is 3.26. The Bertz CT molecular complexity index is 966. The van der Waals surface area contributed by atoms with Crippen molar-refractivity contribution < 1.29 is 4.79 Å².